The molecule has 0 aliphatic carbocycles. The highest BCUT2D eigenvalue weighted by atomic mass is 32.1. The molecule has 3 aromatic carbocycles. The zero-order valence-electron chi connectivity index (χ0n) is 15.7. The first-order chi connectivity index (χ1) is 14.6. The maximum atomic E-state index is 14.5. The average molecular weight is 420 g/mol. The fourth-order valence-electron chi connectivity index (χ4n) is 2.99. The summed E-state index contributed by atoms with van der Waals surface area (Å²) < 4.78 is 20.9. The first-order valence-corrected chi connectivity index (χ1v) is 9.98. The Kier molecular flexibility index (Phi) is 5.72. The lowest BCUT2D eigenvalue weighted by molar-refractivity contribution is 0.0848. The van der Waals surface area contributed by atoms with Gasteiger partial charge in [-0.2, -0.15) is 0 Å². The van der Waals surface area contributed by atoms with Gasteiger partial charge < -0.3 is 4.74 Å². The molecule has 150 valence electrons. The van der Waals surface area contributed by atoms with Crippen LogP contribution in [-0.4, -0.2) is 11.8 Å². The van der Waals surface area contributed by atoms with Crippen molar-refractivity contribution in [3.05, 3.63) is 101 Å². The molecule has 4 rings (SSSR count). The fraction of sp³-hybridized carbons (Fsp3) is 0.0435. The van der Waals surface area contributed by atoms with Gasteiger partial charge in [-0.05, 0) is 36.4 Å². The molecule has 2 N–H and O–H groups in total. The van der Waals surface area contributed by atoms with Crippen molar-refractivity contribution in [3.8, 4) is 5.75 Å². The minimum absolute atomic E-state index is 0.0142. The Morgan fingerprint density at radius 2 is 1.50 bits per heavy atom. The summed E-state index contributed by atoms with van der Waals surface area (Å²) in [4.78, 5) is 25.3. The molecule has 0 spiro atoms. The molecule has 0 radical (unpaired) electrons. The zero-order valence-corrected chi connectivity index (χ0v) is 16.5. The highest BCUT2D eigenvalue weighted by Crippen LogP contribution is 2.34. The van der Waals surface area contributed by atoms with Gasteiger partial charge in [0, 0.05) is 21.2 Å². The van der Waals surface area contributed by atoms with Crippen LogP contribution in [0, 0.1) is 5.82 Å². The monoisotopic (exact) mass is 420 g/mol. The molecule has 0 fully saturated rings. The minimum Gasteiger partial charge on any atom is -0.489 e. The molecule has 0 atom stereocenters. The topological polar surface area (TPSA) is 67.4 Å². The molecule has 30 heavy (non-hydrogen) atoms. The van der Waals surface area contributed by atoms with E-state index in [-0.39, 0.29) is 11.5 Å². The van der Waals surface area contributed by atoms with Crippen LogP contribution in [0.25, 0.3) is 10.1 Å². The number of carbonyl (C=O) groups is 2. The third-order valence-corrected chi connectivity index (χ3v) is 5.62. The molecule has 1 aromatic heterocycles. The molecule has 0 saturated carbocycles. The summed E-state index contributed by atoms with van der Waals surface area (Å²) in [5.74, 6) is -0.801. The number of hydrazine groups is 1. The Labute approximate surface area is 176 Å². The van der Waals surface area contributed by atoms with Crippen molar-refractivity contribution in [1.82, 2.24) is 10.9 Å². The number of carbonyl (C=O) groups excluding carboxylic acids is 2. The Balaban J connectivity index is 1.58. The van der Waals surface area contributed by atoms with Gasteiger partial charge in [0.25, 0.3) is 11.8 Å². The number of nitrogens with one attached hydrogen (secondary N) is 2. The Bertz CT molecular complexity index is 1190. The predicted molar refractivity (Wildman–Crippen MR) is 114 cm³/mol. The van der Waals surface area contributed by atoms with E-state index in [1.807, 2.05) is 18.2 Å². The molecular formula is C23H17FN2O3S. The maximum Gasteiger partial charge on any atom is 0.280 e. The summed E-state index contributed by atoms with van der Waals surface area (Å²) in [6.45, 7) is 0.0142. The molecule has 7 heteroatoms. The number of ether oxygens (including phenoxy) is 1. The smallest absolute Gasteiger partial charge is 0.280 e. The Morgan fingerprint density at radius 1 is 0.833 bits per heavy atom. The minimum atomic E-state index is -0.536. The first-order valence-electron chi connectivity index (χ1n) is 9.17. The summed E-state index contributed by atoms with van der Waals surface area (Å²) in [5.41, 5.74) is 5.64. The van der Waals surface area contributed by atoms with E-state index in [1.165, 1.54) is 6.07 Å². The van der Waals surface area contributed by atoms with Gasteiger partial charge in [0.15, 0.2) is 0 Å². The maximum absolute atomic E-state index is 14.5. The third-order valence-electron chi connectivity index (χ3n) is 4.42. The van der Waals surface area contributed by atoms with E-state index >= 15 is 0 Å². The zero-order chi connectivity index (χ0) is 20.9. The summed E-state index contributed by atoms with van der Waals surface area (Å²) >= 11 is 1.15. The van der Waals surface area contributed by atoms with E-state index in [0.29, 0.717) is 27.0 Å². The van der Waals surface area contributed by atoms with Crippen LogP contribution in [0.2, 0.25) is 0 Å². The van der Waals surface area contributed by atoms with E-state index in [4.69, 9.17) is 4.74 Å². The quantitative estimate of drug-likeness (QED) is 0.460. The molecule has 2 amide bonds. The standard InChI is InChI=1S/C23H17FN2O3S/c24-18-12-7-13-19-20(18)17(14-29-16-10-5-2-6-11-16)21(30-19)23(28)26-25-22(27)15-8-3-1-4-9-15/h1-13H,14H2,(H,25,27)(H,26,28). The van der Waals surface area contributed by atoms with Crippen molar-refractivity contribution in [1.29, 1.82) is 0 Å². The molecule has 4 aromatic rings. The SMILES string of the molecule is O=C(NNC(=O)c1sc2cccc(F)c2c1COc1ccccc1)c1ccccc1. The van der Waals surface area contributed by atoms with E-state index in [9.17, 15) is 14.0 Å². The number of hydrogen-bond donors (Lipinski definition) is 2. The molecular weight excluding hydrogens is 403 g/mol. The number of benzene rings is 3. The Hall–Kier alpha value is -3.71. The molecule has 0 aliphatic heterocycles. The van der Waals surface area contributed by atoms with Crippen LogP contribution < -0.4 is 15.6 Å². The van der Waals surface area contributed by atoms with Gasteiger partial charge >= 0.3 is 0 Å². The summed E-state index contributed by atoms with van der Waals surface area (Å²) in [6.07, 6.45) is 0. The largest absolute Gasteiger partial charge is 0.489 e. The van der Waals surface area contributed by atoms with Gasteiger partial charge in [-0.15, -0.1) is 11.3 Å². The highest BCUT2D eigenvalue weighted by molar-refractivity contribution is 7.21. The van der Waals surface area contributed by atoms with Gasteiger partial charge in [0.1, 0.15) is 23.1 Å². The third kappa shape index (κ3) is 4.16. The molecule has 1 heterocycles. The number of hydrogen-bond acceptors (Lipinski definition) is 4. The lowest BCUT2D eigenvalue weighted by Crippen LogP contribution is -2.41. The van der Waals surface area contributed by atoms with Crippen LogP contribution >= 0.6 is 11.3 Å². The fourth-order valence-corrected chi connectivity index (χ4v) is 4.11. The van der Waals surface area contributed by atoms with E-state index in [0.717, 1.165) is 11.3 Å². The van der Waals surface area contributed by atoms with Crippen LogP contribution in [0.4, 0.5) is 4.39 Å². The van der Waals surface area contributed by atoms with Gasteiger partial charge in [-0.25, -0.2) is 4.39 Å². The number of fused-ring (bicyclic) bond motifs is 1. The first kappa shape index (κ1) is 19.6. The molecule has 5 nitrogen and oxygen atoms in total. The van der Waals surface area contributed by atoms with Crippen molar-refractivity contribution in [2.24, 2.45) is 0 Å². The van der Waals surface area contributed by atoms with Gasteiger partial charge in [-0.1, -0.05) is 42.5 Å². The average Bonchev–Trinajstić information content (AvgIpc) is 3.17. The molecule has 0 saturated heterocycles. The number of amides is 2. The van der Waals surface area contributed by atoms with Crippen LogP contribution in [0.15, 0.2) is 78.9 Å². The van der Waals surface area contributed by atoms with Gasteiger partial charge in [0.2, 0.25) is 0 Å². The normalized spacial score (nSPS) is 10.6. The molecule has 0 aliphatic rings. The highest BCUT2D eigenvalue weighted by Gasteiger charge is 2.22. The van der Waals surface area contributed by atoms with Crippen molar-refractivity contribution in [2.45, 2.75) is 6.61 Å². The van der Waals surface area contributed by atoms with Crippen LogP contribution in [0.5, 0.6) is 5.75 Å². The summed E-state index contributed by atoms with van der Waals surface area (Å²) in [5, 5.41) is 0.345. The van der Waals surface area contributed by atoms with E-state index in [2.05, 4.69) is 10.9 Å². The van der Waals surface area contributed by atoms with E-state index in [1.54, 1.807) is 54.6 Å². The van der Waals surface area contributed by atoms with Crippen molar-refractivity contribution in [3.63, 3.8) is 0 Å². The number of para-hydroxylation sites is 1. The second-order valence-electron chi connectivity index (χ2n) is 6.40. The van der Waals surface area contributed by atoms with E-state index < -0.39 is 17.6 Å². The second-order valence-corrected chi connectivity index (χ2v) is 7.45. The number of thiophene rings is 1. The molecule has 0 unspecified atom stereocenters. The summed E-state index contributed by atoms with van der Waals surface area (Å²) in [7, 11) is 0. The summed E-state index contributed by atoms with van der Waals surface area (Å²) in [6, 6.07) is 22.3. The van der Waals surface area contributed by atoms with Crippen LogP contribution in [0.3, 0.4) is 0 Å². The van der Waals surface area contributed by atoms with Crippen molar-refractivity contribution < 1.29 is 18.7 Å². The number of rotatable bonds is 5. The van der Waals surface area contributed by atoms with Gasteiger partial charge in [-0.3, -0.25) is 20.4 Å². The predicted octanol–water partition coefficient (Wildman–Crippen LogP) is 4.69. The van der Waals surface area contributed by atoms with Crippen LogP contribution in [0.1, 0.15) is 25.6 Å². The molecule has 0 bridgehead atoms. The number of halogens is 1. The van der Waals surface area contributed by atoms with Gasteiger partial charge in [0.05, 0.1) is 0 Å². The lowest BCUT2D eigenvalue weighted by atomic mass is 10.1. The Morgan fingerprint density at radius 3 is 2.23 bits per heavy atom. The van der Waals surface area contributed by atoms with Crippen LogP contribution in [-0.2, 0) is 6.61 Å². The van der Waals surface area contributed by atoms with Crippen molar-refractivity contribution >= 4 is 33.2 Å². The lowest BCUT2D eigenvalue weighted by Gasteiger charge is -2.10. The van der Waals surface area contributed by atoms with Crippen molar-refractivity contribution in [2.75, 3.05) is 0 Å². The second kappa shape index (κ2) is 8.75.